The van der Waals surface area contributed by atoms with Gasteiger partial charge in [-0.05, 0) is 12.0 Å². The van der Waals surface area contributed by atoms with Gasteiger partial charge in [0.25, 0.3) is 5.78 Å². The Bertz CT molecular complexity index is 417. The molecule has 0 aromatic heterocycles. The lowest BCUT2D eigenvalue weighted by molar-refractivity contribution is -0.00944. The predicted octanol–water partition coefficient (Wildman–Crippen LogP) is 1.49. The molecule has 0 radical (unpaired) electrons. The number of carbonyl (C=O) groups excluding carboxylic acids is 1. The first-order valence-corrected chi connectivity index (χ1v) is 4.16. The van der Waals surface area contributed by atoms with Gasteiger partial charge in [0.05, 0.1) is 6.42 Å². The number of nitrogens with zero attached hydrogens (tertiary/aromatic N) is 2. The van der Waals surface area contributed by atoms with Crippen LogP contribution in [0.15, 0.2) is 24.3 Å². The molecule has 0 N–H and O–H groups in total. The molecule has 0 amide bonds. The Morgan fingerprint density at radius 1 is 1.23 bits per heavy atom. The number of benzene rings is 1. The van der Waals surface area contributed by atoms with Crippen LogP contribution in [0.2, 0.25) is 0 Å². The number of carbonyl (C=O) groups is 1. The summed E-state index contributed by atoms with van der Waals surface area (Å²) in [5, 5.41) is 0. The molecule has 0 fully saturated rings. The van der Waals surface area contributed by atoms with Crippen LogP contribution in [-0.2, 0) is 6.42 Å². The lowest BCUT2D eigenvalue weighted by Crippen LogP contribution is -2.23. The molecule has 13 heavy (non-hydrogen) atoms. The lowest BCUT2D eigenvalue weighted by atomic mass is 9.89. The van der Waals surface area contributed by atoms with Crippen molar-refractivity contribution in [1.82, 2.24) is 0 Å². The van der Waals surface area contributed by atoms with Crippen LogP contribution < -0.4 is 0 Å². The van der Waals surface area contributed by atoms with Gasteiger partial charge < -0.3 is 5.53 Å². The molecule has 0 bridgehead atoms. The van der Waals surface area contributed by atoms with Gasteiger partial charge in [0.2, 0.25) is 0 Å². The summed E-state index contributed by atoms with van der Waals surface area (Å²) < 4.78 is 0. The van der Waals surface area contributed by atoms with Crippen LogP contribution in [0.25, 0.3) is 5.53 Å². The smallest absolute Gasteiger partial charge is 0.339 e. The quantitative estimate of drug-likeness (QED) is 0.432. The lowest BCUT2D eigenvalue weighted by Gasteiger charge is -2.09. The van der Waals surface area contributed by atoms with Gasteiger partial charge in [-0.1, -0.05) is 24.3 Å². The first-order chi connectivity index (χ1) is 6.33. The zero-order valence-corrected chi connectivity index (χ0v) is 7.03. The number of Topliss-reactive ketones (excluding diaryl/α,β-unsaturated/α-hetero) is 1. The van der Waals surface area contributed by atoms with E-state index in [1.165, 1.54) is 0 Å². The molecule has 1 aliphatic carbocycles. The molecule has 1 aromatic rings. The monoisotopic (exact) mass is 172 g/mol. The summed E-state index contributed by atoms with van der Waals surface area (Å²) in [5.74, 6) is -0.149. The molecule has 0 heterocycles. The summed E-state index contributed by atoms with van der Waals surface area (Å²) in [6.45, 7) is 0. The van der Waals surface area contributed by atoms with E-state index in [1.807, 2.05) is 18.2 Å². The van der Waals surface area contributed by atoms with Gasteiger partial charge in [0.1, 0.15) is 0 Å². The maximum atomic E-state index is 11.6. The second kappa shape index (κ2) is 2.96. The van der Waals surface area contributed by atoms with E-state index < -0.39 is 0 Å². The largest absolute Gasteiger partial charge is 0.361 e. The van der Waals surface area contributed by atoms with Crippen LogP contribution in [0.1, 0.15) is 22.3 Å². The van der Waals surface area contributed by atoms with Gasteiger partial charge in [0.15, 0.2) is 0 Å². The van der Waals surface area contributed by atoms with E-state index in [2.05, 4.69) is 4.79 Å². The Morgan fingerprint density at radius 2 is 2.00 bits per heavy atom. The zero-order chi connectivity index (χ0) is 9.26. The molecule has 64 valence electrons. The number of hydrogen-bond donors (Lipinski definition) is 0. The summed E-state index contributed by atoms with van der Waals surface area (Å²) in [6.07, 6.45) is 1.31. The zero-order valence-electron chi connectivity index (χ0n) is 7.03. The Morgan fingerprint density at radius 3 is 2.77 bits per heavy atom. The highest BCUT2D eigenvalue weighted by Crippen LogP contribution is 2.18. The van der Waals surface area contributed by atoms with Crippen molar-refractivity contribution in [1.29, 1.82) is 0 Å². The molecule has 0 atom stereocenters. The van der Waals surface area contributed by atoms with E-state index in [0.29, 0.717) is 12.0 Å². The first kappa shape index (κ1) is 7.90. The Balaban J connectivity index is 2.57. The third-order valence-electron chi connectivity index (χ3n) is 2.28. The average Bonchev–Trinajstić information content (AvgIpc) is 2.19. The summed E-state index contributed by atoms with van der Waals surface area (Å²) in [7, 11) is 0. The second-order valence-electron chi connectivity index (χ2n) is 3.03. The van der Waals surface area contributed by atoms with Crippen LogP contribution in [0.5, 0.6) is 0 Å². The van der Waals surface area contributed by atoms with Crippen molar-refractivity contribution in [3.05, 3.63) is 40.9 Å². The van der Waals surface area contributed by atoms with Crippen molar-refractivity contribution in [2.45, 2.75) is 12.8 Å². The van der Waals surface area contributed by atoms with Gasteiger partial charge in [-0.15, -0.1) is 0 Å². The Kier molecular flexibility index (Phi) is 1.80. The molecule has 1 aliphatic rings. The van der Waals surface area contributed by atoms with E-state index in [1.54, 1.807) is 6.07 Å². The molecule has 3 heteroatoms. The molecule has 0 unspecified atom stereocenters. The molecule has 0 saturated heterocycles. The fourth-order valence-electron chi connectivity index (χ4n) is 1.58. The van der Waals surface area contributed by atoms with Crippen molar-refractivity contribution < 1.29 is 9.58 Å². The van der Waals surface area contributed by atoms with Gasteiger partial charge >= 0.3 is 5.71 Å². The maximum absolute atomic E-state index is 11.6. The number of fused-ring (bicyclic) bond motifs is 1. The molecule has 0 aliphatic heterocycles. The summed E-state index contributed by atoms with van der Waals surface area (Å²) in [6, 6.07) is 7.42. The van der Waals surface area contributed by atoms with E-state index in [9.17, 15) is 4.79 Å². The Hall–Kier alpha value is -1.73. The van der Waals surface area contributed by atoms with Crippen LogP contribution in [0.3, 0.4) is 0 Å². The SMILES string of the molecule is [N-]=[N+]=C1CCc2ccccc2C1=O. The van der Waals surface area contributed by atoms with E-state index in [4.69, 9.17) is 5.53 Å². The average molecular weight is 172 g/mol. The molecule has 3 nitrogen and oxygen atoms in total. The van der Waals surface area contributed by atoms with Crippen molar-refractivity contribution in [3.8, 4) is 0 Å². The predicted molar refractivity (Wildman–Crippen MR) is 47.7 cm³/mol. The van der Waals surface area contributed by atoms with Crippen molar-refractivity contribution in [2.75, 3.05) is 0 Å². The minimum absolute atomic E-state index is 0.149. The van der Waals surface area contributed by atoms with Crippen LogP contribution in [-0.4, -0.2) is 16.3 Å². The fraction of sp³-hybridized carbons (Fsp3) is 0.200. The summed E-state index contributed by atoms with van der Waals surface area (Å²) in [4.78, 5) is 14.6. The minimum atomic E-state index is -0.149. The number of hydrogen-bond acceptors (Lipinski definition) is 1. The molecule has 2 rings (SSSR count). The van der Waals surface area contributed by atoms with E-state index in [0.717, 1.165) is 12.0 Å². The molecular formula is C10H8N2O. The number of aryl methyl sites for hydroxylation is 1. The van der Waals surface area contributed by atoms with Crippen LogP contribution >= 0.6 is 0 Å². The highest BCUT2D eigenvalue weighted by Gasteiger charge is 2.28. The normalized spacial score (nSPS) is 15.1. The van der Waals surface area contributed by atoms with Crippen molar-refractivity contribution in [3.63, 3.8) is 0 Å². The van der Waals surface area contributed by atoms with Gasteiger partial charge in [0, 0.05) is 5.56 Å². The van der Waals surface area contributed by atoms with Crippen LogP contribution in [0.4, 0.5) is 0 Å². The van der Waals surface area contributed by atoms with E-state index >= 15 is 0 Å². The standard InChI is InChI=1S/C10H8N2O/c11-12-9-6-5-7-3-1-2-4-8(7)10(9)13/h1-4H,5-6H2. The Labute approximate surface area is 75.6 Å². The van der Waals surface area contributed by atoms with Gasteiger partial charge in [-0.25, -0.2) is 0 Å². The molecule has 0 saturated carbocycles. The minimum Gasteiger partial charge on any atom is -0.361 e. The molecule has 0 spiro atoms. The van der Waals surface area contributed by atoms with Crippen molar-refractivity contribution in [2.24, 2.45) is 0 Å². The molecule has 1 aromatic carbocycles. The second-order valence-corrected chi connectivity index (χ2v) is 3.03. The highest BCUT2D eigenvalue weighted by atomic mass is 16.1. The molecular weight excluding hydrogens is 164 g/mol. The fourth-order valence-corrected chi connectivity index (χ4v) is 1.58. The highest BCUT2D eigenvalue weighted by molar-refractivity contribution is 6.45. The van der Waals surface area contributed by atoms with Gasteiger partial charge in [-0.2, -0.15) is 4.79 Å². The number of ketones is 1. The third-order valence-corrected chi connectivity index (χ3v) is 2.28. The first-order valence-electron chi connectivity index (χ1n) is 4.16. The van der Waals surface area contributed by atoms with E-state index in [-0.39, 0.29) is 11.5 Å². The third kappa shape index (κ3) is 1.19. The van der Waals surface area contributed by atoms with Gasteiger partial charge in [-0.3, -0.25) is 4.79 Å². The van der Waals surface area contributed by atoms with Crippen LogP contribution in [0, 0.1) is 0 Å². The number of rotatable bonds is 0. The maximum Gasteiger partial charge on any atom is 0.339 e. The summed E-state index contributed by atoms with van der Waals surface area (Å²) in [5.41, 5.74) is 10.5. The summed E-state index contributed by atoms with van der Waals surface area (Å²) >= 11 is 0. The topological polar surface area (TPSA) is 53.5 Å². The van der Waals surface area contributed by atoms with Crippen molar-refractivity contribution >= 4 is 11.5 Å².